The summed E-state index contributed by atoms with van der Waals surface area (Å²) in [5.41, 5.74) is 1.00. The highest BCUT2D eigenvalue weighted by Gasteiger charge is 2.23. The molecule has 1 unspecified atom stereocenters. The fraction of sp³-hybridized carbons (Fsp3) is 0.667. The van der Waals surface area contributed by atoms with Gasteiger partial charge in [-0.05, 0) is 20.8 Å². The van der Waals surface area contributed by atoms with Crippen molar-refractivity contribution in [3.8, 4) is 0 Å². The second-order valence-electron chi connectivity index (χ2n) is 3.74. The van der Waals surface area contributed by atoms with Crippen molar-refractivity contribution < 1.29 is 13.2 Å². The highest BCUT2D eigenvalue weighted by Crippen LogP contribution is 2.16. The molecule has 0 spiro atoms. The summed E-state index contributed by atoms with van der Waals surface area (Å²) in [7, 11) is -2.00. The molecule has 0 saturated heterocycles. The Kier molecular flexibility index (Phi) is 4.06. The minimum absolute atomic E-state index is 0.218. The third-order valence-electron chi connectivity index (χ3n) is 2.10. The molecule has 1 rings (SSSR count). The Hall–Kier alpha value is -0.920. The van der Waals surface area contributed by atoms with Crippen LogP contribution in [0, 0.1) is 13.8 Å². The first-order valence-corrected chi connectivity index (χ1v) is 6.39. The van der Waals surface area contributed by atoms with Crippen LogP contribution in [-0.4, -0.2) is 38.4 Å². The molecular weight excluding hydrogens is 230 g/mol. The number of H-pyrrole nitrogens is 1. The van der Waals surface area contributed by atoms with Crippen molar-refractivity contribution in [2.45, 2.75) is 31.7 Å². The number of hydrogen-bond donors (Lipinski definition) is 2. The Morgan fingerprint density at radius 3 is 2.56 bits per heavy atom. The van der Waals surface area contributed by atoms with Gasteiger partial charge in [-0.25, -0.2) is 13.1 Å². The third-order valence-corrected chi connectivity index (χ3v) is 3.95. The van der Waals surface area contributed by atoms with Crippen LogP contribution in [0.25, 0.3) is 0 Å². The van der Waals surface area contributed by atoms with E-state index in [1.54, 1.807) is 20.8 Å². The van der Waals surface area contributed by atoms with Gasteiger partial charge in [-0.1, -0.05) is 0 Å². The maximum Gasteiger partial charge on any atom is 0.244 e. The number of sulfonamides is 1. The number of nitrogens with one attached hydrogen (secondary N) is 2. The summed E-state index contributed by atoms with van der Waals surface area (Å²) in [5.74, 6) is 0. The molecule has 0 aliphatic carbocycles. The van der Waals surface area contributed by atoms with Crippen LogP contribution >= 0.6 is 0 Å². The lowest BCUT2D eigenvalue weighted by Crippen LogP contribution is -2.36. The van der Waals surface area contributed by atoms with Gasteiger partial charge in [-0.15, -0.1) is 0 Å². The molecule has 92 valence electrons. The number of ether oxygens (including phenoxy) is 1. The van der Waals surface area contributed by atoms with Gasteiger partial charge in [-0.2, -0.15) is 5.10 Å². The van der Waals surface area contributed by atoms with Gasteiger partial charge in [0.05, 0.1) is 18.0 Å². The lowest BCUT2D eigenvalue weighted by molar-refractivity contribution is 0.180. The normalized spacial score (nSPS) is 14.0. The Morgan fingerprint density at radius 2 is 2.12 bits per heavy atom. The van der Waals surface area contributed by atoms with Gasteiger partial charge < -0.3 is 4.74 Å². The topological polar surface area (TPSA) is 84.1 Å². The summed E-state index contributed by atoms with van der Waals surface area (Å²) < 4.78 is 31.4. The van der Waals surface area contributed by atoms with E-state index in [4.69, 9.17) is 4.74 Å². The predicted octanol–water partition coefficient (Wildman–Crippen LogP) is 0.340. The van der Waals surface area contributed by atoms with Gasteiger partial charge in [0.1, 0.15) is 4.90 Å². The van der Waals surface area contributed by atoms with E-state index in [0.717, 1.165) is 0 Å². The standard InChI is InChI=1S/C9H17N3O3S/c1-6(5-15-4)12-16(13,14)9-7(2)10-11-8(9)3/h6,12H,5H2,1-4H3,(H,10,11). The first-order valence-electron chi connectivity index (χ1n) is 4.91. The molecule has 1 heterocycles. The molecule has 0 aliphatic rings. The van der Waals surface area contributed by atoms with Crippen LogP contribution in [0.15, 0.2) is 4.90 Å². The lowest BCUT2D eigenvalue weighted by Gasteiger charge is -2.13. The Balaban J connectivity index is 2.95. The first kappa shape index (κ1) is 13.1. The number of nitrogens with zero attached hydrogens (tertiary/aromatic N) is 1. The van der Waals surface area contributed by atoms with Gasteiger partial charge >= 0.3 is 0 Å². The van der Waals surface area contributed by atoms with Crippen molar-refractivity contribution in [1.82, 2.24) is 14.9 Å². The van der Waals surface area contributed by atoms with E-state index in [2.05, 4.69) is 14.9 Å². The number of methoxy groups -OCH3 is 1. The summed E-state index contributed by atoms with van der Waals surface area (Å²) in [4.78, 5) is 0.218. The van der Waals surface area contributed by atoms with E-state index in [9.17, 15) is 8.42 Å². The lowest BCUT2D eigenvalue weighted by atomic mass is 10.4. The van der Waals surface area contributed by atoms with Gasteiger partial charge in [0.15, 0.2) is 0 Å². The largest absolute Gasteiger partial charge is 0.383 e. The number of aromatic nitrogens is 2. The van der Waals surface area contributed by atoms with E-state index in [0.29, 0.717) is 18.0 Å². The van der Waals surface area contributed by atoms with E-state index < -0.39 is 10.0 Å². The van der Waals surface area contributed by atoms with Crippen LogP contribution in [0.4, 0.5) is 0 Å². The zero-order valence-corrected chi connectivity index (χ0v) is 10.7. The number of hydrogen-bond acceptors (Lipinski definition) is 4. The van der Waals surface area contributed by atoms with E-state index in [1.165, 1.54) is 7.11 Å². The van der Waals surface area contributed by atoms with E-state index >= 15 is 0 Å². The van der Waals surface area contributed by atoms with Crippen molar-refractivity contribution in [2.24, 2.45) is 0 Å². The minimum Gasteiger partial charge on any atom is -0.383 e. The van der Waals surface area contributed by atoms with Crippen LogP contribution in [-0.2, 0) is 14.8 Å². The molecule has 7 heteroatoms. The molecule has 0 amide bonds. The summed E-state index contributed by atoms with van der Waals surface area (Å²) in [6.45, 7) is 5.40. The Bertz CT molecular complexity index is 433. The number of rotatable bonds is 5. The molecule has 0 radical (unpaired) electrons. The van der Waals surface area contributed by atoms with Crippen LogP contribution in [0.2, 0.25) is 0 Å². The van der Waals surface area contributed by atoms with Crippen LogP contribution in [0.3, 0.4) is 0 Å². The van der Waals surface area contributed by atoms with Gasteiger partial charge in [0.2, 0.25) is 10.0 Å². The fourth-order valence-corrected chi connectivity index (χ4v) is 3.14. The molecular formula is C9H17N3O3S. The molecule has 1 aromatic heterocycles. The van der Waals surface area contributed by atoms with E-state index in [1.807, 2.05) is 0 Å². The summed E-state index contributed by atoms with van der Waals surface area (Å²) in [5, 5.41) is 6.51. The fourth-order valence-electron chi connectivity index (χ4n) is 1.54. The van der Waals surface area contributed by atoms with Gasteiger partial charge in [-0.3, -0.25) is 5.10 Å². The van der Waals surface area contributed by atoms with Crippen molar-refractivity contribution in [2.75, 3.05) is 13.7 Å². The molecule has 0 bridgehead atoms. The van der Waals surface area contributed by atoms with E-state index in [-0.39, 0.29) is 10.9 Å². The monoisotopic (exact) mass is 247 g/mol. The quantitative estimate of drug-likeness (QED) is 0.786. The SMILES string of the molecule is COCC(C)NS(=O)(=O)c1c(C)n[nH]c1C. The molecule has 16 heavy (non-hydrogen) atoms. The Morgan fingerprint density at radius 1 is 1.50 bits per heavy atom. The van der Waals surface area contributed by atoms with Crippen LogP contribution < -0.4 is 4.72 Å². The van der Waals surface area contributed by atoms with Crippen LogP contribution in [0.1, 0.15) is 18.3 Å². The van der Waals surface area contributed by atoms with Crippen molar-refractivity contribution in [1.29, 1.82) is 0 Å². The average molecular weight is 247 g/mol. The third kappa shape index (κ3) is 2.81. The second kappa shape index (κ2) is 4.94. The molecule has 0 aromatic carbocycles. The Labute approximate surface area is 95.4 Å². The summed E-state index contributed by atoms with van der Waals surface area (Å²) in [6.07, 6.45) is 0. The zero-order chi connectivity index (χ0) is 12.3. The number of aromatic amines is 1. The van der Waals surface area contributed by atoms with Crippen molar-refractivity contribution in [3.05, 3.63) is 11.4 Å². The average Bonchev–Trinajstić information content (AvgIpc) is 2.45. The highest BCUT2D eigenvalue weighted by atomic mass is 32.2. The molecule has 1 aromatic rings. The number of aryl methyl sites for hydroxylation is 2. The summed E-state index contributed by atoms with van der Waals surface area (Å²) >= 11 is 0. The van der Waals surface area contributed by atoms with Crippen molar-refractivity contribution >= 4 is 10.0 Å². The van der Waals surface area contributed by atoms with Crippen molar-refractivity contribution in [3.63, 3.8) is 0 Å². The van der Waals surface area contributed by atoms with Gasteiger partial charge in [0, 0.05) is 13.2 Å². The highest BCUT2D eigenvalue weighted by molar-refractivity contribution is 7.89. The zero-order valence-electron chi connectivity index (χ0n) is 9.86. The molecule has 0 fully saturated rings. The molecule has 2 N–H and O–H groups in total. The molecule has 0 aliphatic heterocycles. The van der Waals surface area contributed by atoms with Crippen LogP contribution in [0.5, 0.6) is 0 Å². The molecule has 0 saturated carbocycles. The second-order valence-corrected chi connectivity index (χ2v) is 5.39. The molecule has 1 atom stereocenters. The first-order chi connectivity index (χ1) is 7.38. The molecule has 6 nitrogen and oxygen atoms in total. The maximum atomic E-state index is 12.0. The smallest absolute Gasteiger partial charge is 0.244 e. The summed E-state index contributed by atoms with van der Waals surface area (Å²) in [6, 6.07) is -0.274. The van der Waals surface area contributed by atoms with Gasteiger partial charge in [0.25, 0.3) is 0 Å². The minimum atomic E-state index is -3.52. The maximum absolute atomic E-state index is 12.0. The predicted molar refractivity (Wildman–Crippen MR) is 59.7 cm³/mol.